The van der Waals surface area contributed by atoms with Gasteiger partial charge >= 0.3 is 0 Å². The van der Waals surface area contributed by atoms with Crippen LogP contribution >= 0.6 is 0 Å². The fraction of sp³-hybridized carbons (Fsp3) is 0.171. The van der Waals surface area contributed by atoms with Gasteiger partial charge in [0.25, 0.3) is 0 Å². The molecule has 0 amide bonds. The molecule has 10 heteroatoms. The molecule has 45 heavy (non-hydrogen) atoms. The van der Waals surface area contributed by atoms with E-state index >= 15 is 0 Å². The van der Waals surface area contributed by atoms with Crippen molar-refractivity contribution in [3.8, 4) is 6.07 Å². The zero-order valence-electron chi connectivity index (χ0n) is 23.6. The highest BCUT2D eigenvalue weighted by molar-refractivity contribution is 6.19. The number of benzene rings is 4. The molecule has 6 atom stereocenters. The van der Waals surface area contributed by atoms with E-state index in [-0.39, 0.29) is 22.3 Å². The number of carbonyl (C=O) groups is 4. The SMILES string of the molecule is N#C[C@@H]1O[C@H](C(O)C(=O)c2ccccc2)[C@](O)(C(=O)c2ccccc2)[C@@](O)(C(=O)c2ccccc2)[C@]1(O)C(=O)c1ccccc1. The van der Waals surface area contributed by atoms with Crippen LogP contribution in [0.1, 0.15) is 41.4 Å². The third kappa shape index (κ3) is 4.80. The van der Waals surface area contributed by atoms with Crippen molar-refractivity contribution < 1.29 is 44.3 Å². The van der Waals surface area contributed by atoms with Crippen molar-refractivity contribution in [2.24, 2.45) is 0 Å². The summed E-state index contributed by atoms with van der Waals surface area (Å²) in [4.78, 5) is 56.6. The molecule has 0 saturated carbocycles. The first-order valence-corrected chi connectivity index (χ1v) is 13.8. The molecule has 4 aromatic rings. The number of rotatable bonds is 9. The van der Waals surface area contributed by atoms with Crippen molar-refractivity contribution in [1.29, 1.82) is 5.26 Å². The van der Waals surface area contributed by atoms with E-state index in [1.165, 1.54) is 121 Å². The monoisotopic (exact) mass is 605 g/mol. The van der Waals surface area contributed by atoms with Crippen LogP contribution in [-0.4, -0.2) is 78.7 Å². The molecule has 1 aliphatic heterocycles. The van der Waals surface area contributed by atoms with Crippen LogP contribution in [0.3, 0.4) is 0 Å². The Morgan fingerprint density at radius 3 is 1.36 bits per heavy atom. The summed E-state index contributed by atoms with van der Waals surface area (Å²) in [7, 11) is 0. The van der Waals surface area contributed by atoms with Gasteiger partial charge in [-0.05, 0) is 0 Å². The van der Waals surface area contributed by atoms with E-state index < -0.39 is 58.2 Å². The Hall–Kier alpha value is -5.15. The van der Waals surface area contributed by atoms with Gasteiger partial charge in [-0.2, -0.15) is 5.26 Å². The van der Waals surface area contributed by atoms with Crippen LogP contribution in [0.4, 0.5) is 0 Å². The minimum absolute atomic E-state index is 0.101. The standard InChI is InChI=1S/C35H27NO9/c36-21-26-33(42,29(39)23-15-7-2-8-16-23)35(44,31(41)25-19-11-4-12-20-25)34(43,30(40)24-17-9-3-10-18-24)32(45-26)28(38)27(37)22-13-5-1-6-14-22/h1-20,26,28,32,38,42-44H/t26-,28?,32+,33+,34+,35+/m0/s1. The lowest BCUT2D eigenvalue weighted by atomic mass is 9.56. The third-order valence-electron chi connectivity index (χ3n) is 8.04. The fourth-order valence-electron chi connectivity index (χ4n) is 5.71. The zero-order valence-corrected chi connectivity index (χ0v) is 23.6. The second-order valence-corrected chi connectivity index (χ2v) is 10.6. The highest BCUT2D eigenvalue weighted by atomic mass is 16.6. The van der Waals surface area contributed by atoms with E-state index in [0.29, 0.717) is 0 Å². The first-order valence-electron chi connectivity index (χ1n) is 13.8. The summed E-state index contributed by atoms with van der Waals surface area (Å²) in [6.07, 6.45) is -7.54. The molecule has 4 aromatic carbocycles. The number of hydrogen-bond acceptors (Lipinski definition) is 10. The Bertz CT molecular complexity index is 1780. The highest BCUT2D eigenvalue weighted by Crippen LogP contribution is 2.50. The number of ether oxygens (including phenoxy) is 1. The first-order chi connectivity index (χ1) is 21.5. The Labute approximate surface area is 257 Å². The zero-order chi connectivity index (χ0) is 32.4. The number of aliphatic hydroxyl groups excluding tert-OH is 1. The fourth-order valence-corrected chi connectivity index (χ4v) is 5.71. The molecule has 10 nitrogen and oxygen atoms in total. The lowest BCUT2D eigenvalue weighted by Gasteiger charge is -2.57. The van der Waals surface area contributed by atoms with Gasteiger partial charge < -0.3 is 25.2 Å². The molecule has 1 saturated heterocycles. The van der Waals surface area contributed by atoms with E-state index in [4.69, 9.17) is 4.74 Å². The number of nitriles is 1. The van der Waals surface area contributed by atoms with Gasteiger partial charge in [-0.15, -0.1) is 0 Å². The largest absolute Gasteiger partial charge is 0.382 e. The van der Waals surface area contributed by atoms with Crippen molar-refractivity contribution in [2.75, 3.05) is 0 Å². The smallest absolute Gasteiger partial charge is 0.207 e. The summed E-state index contributed by atoms with van der Waals surface area (Å²) in [6.45, 7) is 0. The summed E-state index contributed by atoms with van der Waals surface area (Å²) < 4.78 is 5.65. The van der Waals surface area contributed by atoms with Gasteiger partial charge in [0.15, 0.2) is 17.5 Å². The summed E-state index contributed by atoms with van der Waals surface area (Å²) >= 11 is 0. The van der Waals surface area contributed by atoms with E-state index in [1.54, 1.807) is 6.07 Å². The predicted molar refractivity (Wildman–Crippen MR) is 158 cm³/mol. The Morgan fingerprint density at radius 2 is 0.956 bits per heavy atom. The maximum Gasteiger partial charge on any atom is 0.207 e. The number of ketones is 4. The van der Waals surface area contributed by atoms with E-state index in [1.807, 2.05) is 0 Å². The number of carbonyl (C=O) groups excluding carboxylic acids is 4. The van der Waals surface area contributed by atoms with Gasteiger partial charge in [0.05, 0.1) is 6.07 Å². The Morgan fingerprint density at radius 1 is 0.600 bits per heavy atom. The molecule has 1 aliphatic rings. The summed E-state index contributed by atoms with van der Waals surface area (Å²) in [5.41, 5.74) is -12.5. The lowest BCUT2D eigenvalue weighted by Crippen LogP contribution is -2.87. The molecule has 0 radical (unpaired) electrons. The average molecular weight is 606 g/mol. The minimum atomic E-state index is -3.93. The minimum Gasteiger partial charge on any atom is -0.382 e. The van der Waals surface area contributed by atoms with Crippen molar-refractivity contribution in [3.63, 3.8) is 0 Å². The van der Waals surface area contributed by atoms with Crippen LogP contribution < -0.4 is 0 Å². The molecule has 1 heterocycles. The Kier molecular flexibility index (Phi) is 8.40. The second-order valence-electron chi connectivity index (χ2n) is 10.6. The lowest BCUT2D eigenvalue weighted by molar-refractivity contribution is -0.299. The van der Waals surface area contributed by atoms with Crippen molar-refractivity contribution in [2.45, 2.75) is 35.1 Å². The quantitative estimate of drug-likeness (QED) is 0.207. The first kappa shape index (κ1) is 31.3. The summed E-state index contributed by atoms with van der Waals surface area (Å²) in [5.74, 6) is -5.57. The molecule has 0 aliphatic carbocycles. The van der Waals surface area contributed by atoms with Gasteiger partial charge in [0.1, 0.15) is 12.2 Å². The molecule has 5 rings (SSSR count). The molecule has 0 bridgehead atoms. The third-order valence-corrected chi connectivity index (χ3v) is 8.04. The van der Waals surface area contributed by atoms with E-state index in [0.717, 1.165) is 0 Å². The maximum atomic E-state index is 14.5. The molecular weight excluding hydrogens is 578 g/mol. The number of Topliss-reactive ketones (excluding diaryl/α,β-unsaturated/α-hetero) is 4. The summed E-state index contributed by atoms with van der Waals surface area (Å²) in [5, 5.41) is 59.4. The van der Waals surface area contributed by atoms with Crippen LogP contribution in [0.15, 0.2) is 121 Å². The van der Waals surface area contributed by atoms with Crippen LogP contribution in [0, 0.1) is 11.3 Å². The molecular formula is C35H27NO9. The molecule has 0 aromatic heterocycles. The number of hydrogen-bond donors (Lipinski definition) is 4. The van der Waals surface area contributed by atoms with Crippen LogP contribution in [0.25, 0.3) is 0 Å². The van der Waals surface area contributed by atoms with Crippen LogP contribution in [-0.2, 0) is 4.74 Å². The molecule has 4 N–H and O–H groups in total. The normalized spacial score (nSPS) is 26.6. The van der Waals surface area contributed by atoms with Crippen molar-refractivity contribution >= 4 is 23.1 Å². The number of aliphatic hydroxyl groups is 4. The van der Waals surface area contributed by atoms with Gasteiger partial charge in [0, 0.05) is 22.3 Å². The maximum absolute atomic E-state index is 14.5. The van der Waals surface area contributed by atoms with Crippen LogP contribution in [0.2, 0.25) is 0 Å². The topological polar surface area (TPSA) is 182 Å². The van der Waals surface area contributed by atoms with E-state index in [9.17, 15) is 44.9 Å². The van der Waals surface area contributed by atoms with Crippen molar-refractivity contribution in [1.82, 2.24) is 0 Å². The molecule has 0 spiro atoms. The van der Waals surface area contributed by atoms with Gasteiger partial charge in [0.2, 0.25) is 28.6 Å². The van der Waals surface area contributed by atoms with Gasteiger partial charge in [-0.25, -0.2) is 0 Å². The highest BCUT2D eigenvalue weighted by Gasteiger charge is 2.81. The molecule has 226 valence electrons. The van der Waals surface area contributed by atoms with Crippen molar-refractivity contribution in [3.05, 3.63) is 144 Å². The van der Waals surface area contributed by atoms with Crippen LogP contribution in [0.5, 0.6) is 0 Å². The number of nitrogens with zero attached hydrogens (tertiary/aromatic N) is 1. The molecule has 1 fully saturated rings. The average Bonchev–Trinajstić information content (AvgIpc) is 3.10. The molecule has 1 unspecified atom stereocenters. The summed E-state index contributed by atoms with van der Waals surface area (Å²) in [6, 6.07) is 29.0. The van der Waals surface area contributed by atoms with Gasteiger partial charge in [-0.1, -0.05) is 121 Å². The van der Waals surface area contributed by atoms with Gasteiger partial charge in [-0.3, -0.25) is 19.2 Å². The van der Waals surface area contributed by atoms with E-state index in [2.05, 4.69) is 0 Å². The predicted octanol–water partition coefficient (Wildman–Crippen LogP) is 2.36. The second kappa shape index (κ2) is 12.1. The Balaban J connectivity index is 1.85.